The van der Waals surface area contributed by atoms with Crippen molar-refractivity contribution in [3.05, 3.63) is 89.2 Å². The van der Waals surface area contributed by atoms with Crippen LogP contribution in [0.3, 0.4) is 0 Å². The molecule has 0 unspecified atom stereocenters. The zero-order valence-electron chi connectivity index (χ0n) is 16.1. The highest BCUT2D eigenvalue weighted by molar-refractivity contribution is 5.32. The van der Waals surface area contributed by atoms with E-state index < -0.39 is 12.2 Å². The van der Waals surface area contributed by atoms with Crippen LogP contribution in [0.5, 0.6) is 11.5 Å². The van der Waals surface area contributed by atoms with Gasteiger partial charge in [0.1, 0.15) is 11.5 Å². The fourth-order valence-corrected chi connectivity index (χ4v) is 3.12. The number of nitrogens with zero attached hydrogens (tertiary/aromatic N) is 1. The molecule has 1 heterocycles. The maximum Gasteiger partial charge on any atom is 0.119 e. The van der Waals surface area contributed by atoms with Crippen LogP contribution in [0.2, 0.25) is 0 Å². The quantitative estimate of drug-likeness (QED) is 0.625. The number of aliphatic hydroxyl groups excluding tert-OH is 2. The molecule has 3 rings (SSSR count). The van der Waals surface area contributed by atoms with Crippen molar-refractivity contribution in [3.63, 3.8) is 0 Å². The molecule has 0 aliphatic heterocycles. The van der Waals surface area contributed by atoms with Gasteiger partial charge in [-0.1, -0.05) is 24.3 Å². The van der Waals surface area contributed by atoms with Crippen LogP contribution in [0.25, 0.3) is 0 Å². The number of pyridine rings is 1. The molecule has 0 spiro atoms. The largest absolute Gasteiger partial charge is 0.497 e. The van der Waals surface area contributed by atoms with Crippen molar-refractivity contribution in [2.75, 3.05) is 14.2 Å². The first kappa shape index (κ1) is 19.9. The van der Waals surface area contributed by atoms with Gasteiger partial charge >= 0.3 is 0 Å². The lowest BCUT2D eigenvalue weighted by molar-refractivity contribution is 0.175. The number of aromatic nitrogens is 1. The Labute approximate surface area is 165 Å². The van der Waals surface area contributed by atoms with E-state index in [9.17, 15) is 10.2 Å². The Morgan fingerprint density at radius 3 is 1.93 bits per heavy atom. The van der Waals surface area contributed by atoms with Gasteiger partial charge < -0.3 is 19.7 Å². The van der Waals surface area contributed by atoms with Crippen LogP contribution in [-0.2, 0) is 12.8 Å². The summed E-state index contributed by atoms with van der Waals surface area (Å²) in [6.45, 7) is 0. The monoisotopic (exact) mass is 379 g/mol. The number of aliphatic hydroxyl groups is 2. The average Bonchev–Trinajstić information content (AvgIpc) is 2.74. The molecule has 0 aliphatic carbocycles. The average molecular weight is 379 g/mol. The van der Waals surface area contributed by atoms with Gasteiger partial charge in [-0.3, -0.25) is 4.98 Å². The van der Waals surface area contributed by atoms with Crippen molar-refractivity contribution >= 4 is 0 Å². The fraction of sp³-hybridized carbons (Fsp3) is 0.261. The van der Waals surface area contributed by atoms with E-state index in [0.29, 0.717) is 24.3 Å². The summed E-state index contributed by atoms with van der Waals surface area (Å²) in [4.78, 5) is 4.36. The van der Waals surface area contributed by atoms with Crippen LogP contribution in [0.1, 0.15) is 34.6 Å². The second-order valence-corrected chi connectivity index (χ2v) is 6.65. The Kier molecular flexibility index (Phi) is 6.63. The minimum atomic E-state index is -0.679. The predicted molar refractivity (Wildman–Crippen MR) is 108 cm³/mol. The molecule has 0 amide bonds. The van der Waals surface area contributed by atoms with E-state index in [4.69, 9.17) is 9.47 Å². The maximum atomic E-state index is 10.6. The van der Waals surface area contributed by atoms with Crippen molar-refractivity contribution in [2.45, 2.75) is 25.0 Å². The van der Waals surface area contributed by atoms with Gasteiger partial charge in [0, 0.05) is 24.7 Å². The summed E-state index contributed by atoms with van der Waals surface area (Å²) < 4.78 is 10.4. The van der Waals surface area contributed by atoms with Crippen molar-refractivity contribution in [1.82, 2.24) is 4.98 Å². The molecule has 0 fully saturated rings. The van der Waals surface area contributed by atoms with Gasteiger partial charge in [-0.05, 0) is 53.1 Å². The normalized spacial score (nSPS) is 13.0. The van der Waals surface area contributed by atoms with Crippen molar-refractivity contribution < 1.29 is 19.7 Å². The molecule has 2 N–H and O–H groups in total. The van der Waals surface area contributed by atoms with Gasteiger partial charge in [-0.15, -0.1) is 0 Å². The van der Waals surface area contributed by atoms with E-state index in [1.165, 1.54) is 0 Å². The Hall–Kier alpha value is -2.89. The zero-order valence-corrected chi connectivity index (χ0v) is 16.1. The zero-order chi connectivity index (χ0) is 19.9. The lowest BCUT2D eigenvalue weighted by atomic mass is 9.99. The molecule has 146 valence electrons. The number of benzene rings is 2. The first-order valence-corrected chi connectivity index (χ1v) is 9.17. The summed E-state index contributed by atoms with van der Waals surface area (Å²) in [7, 11) is 3.21. The van der Waals surface area contributed by atoms with Crippen LogP contribution in [0, 0.1) is 0 Å². The van der Waals surface area contributed by atoms with Crippen LogP contribution < -0.4 is 9.47 Å². The predicted octanol–water partition coefficient (Wildman–Crippen LogP) is 3.65. The fourth-order valence-electron chi connectivity index (χ4n) is 3.12. The number of ether oxygens (including phenoxy) is 2. The molecule has 0 saturated heterocycles. The van der Waals surface area contributed by atoms with E-state index >= 15 is 0 Å². The van der Waals surface area contributed by atoms with Crippen molar-refractivity contribution in [3.8, 4) is 11.5 Å². The molecule has 0 bridgehead atoms. The highest BCUT2D eigenvalue weighted by atomic mass is 16.5. The summed E-state index contributed by atoms with van der Waals surface area (Å²) in [5, 5.41) is 21.1. The lowest BCUT2D eigenvalue weighted by Gasteiger charge is -2.14. The van der Waals surface area contributed by atoms with Crippen molar-refractivity contribution in [1.29, 1.82) is 0 Å². The third-order valence-corrected chi connectivity index (χ3v) is 4.67. The number of hydrogen-bond acceptors (Lipinski definition) is 5. The van der Waals surface area contributed by atoms with Crippen molar-refractivity contribution in [2.24, 2.45) is 0 Å². The molecule has 0 saturated carbocycles. The maximum absolute atomic E-state index is 10.6. The van der Waals surface area contributed by atoms with E-state index in [-0.39, 0.29) is 0 Å². The van der Waals surface area contributed by atoms with Gasteiger partial charge in [0.2, 0.25) is 0 Å². The van der Waals surface area contributed by atoms with E-state index in [1.54, 1.807) is 20.4 Å². The molecule has 28 heavy (non-hydrogen) atoms. The second kappa shape index (κ2) is 9.35. The van der Waals surface area contributed by atoms with Gasteiger partial charge in [0.05, 0.1) is 26.4 Å². The molecular formula is C23H25NO4. The highest BCUT2D eigenvalue weighted by Crippen LogP contribution is 2.24. The smallest absolute Gasteiger partial charge is 0.119 e. The molecule has 1 aromatic heterocycles. The van der Waals surface area contributed by atoms with Gasteiger partial charge in [0.15, 0.2) is 0 Å². The van der Waals surface area contributed by atoms with Crippen LogP contribution in [0.15, 0.2) is 66.9 Å². The molecule has 5 heteroatoms. The first-order valence-electron chi connectivity index (χ1n) is 9.17. The minimum absolute atomic E-state index is 0.385. The minimum Gasteiger partial charge on any atom is -0.497 e. The van der Waals surface area contributed by atoms with Crippen LogP contribution in [0.4, 0.5) is 0 Å². The molecule has 2 aromatic carbocycles. The summed E-state index contributed by atoms with van der Waals surface area (Å²) in [5.74, 6) is 1.42. The molecule has 5 nitrogen and oxygen atoms in total. The van der Waals surface area contributed by atoms with E-state index in [1.807, 2.05) is 60.7 Å². The molecule has 2 atom stereocenters. The van der Waals surface area contributed by atoms with Gasteiger partial charge in [0.25, 0.3) is 0 Å². The SMILES string of the molecule is COc1cccc([C@H](O)Cc2ccnc(C[C@@H](O)c3cccc(OC)c3)c2)c1. The molecule has 0 radical (unpaired) electrons. The Morgan fingerprint density at radius 1 is 0.786 bits per heavy atom. The lowest BCUT2D eigenvalue weighted by Crippen LogP contribution is -2.06. The third kappa shape index (κ3) is 5.09. The standard InChI is InChI=1S/C23H25NO4/c1-27-20-7-3-5-17(13-20)22(25)12-16-9-10-24-19(11-16)15-23(26)18-6-4-8-21(14-18)28-2/h3-11,13-14,22-23,25-26H,12,15H2,1-2H3/t22-,23-/m1/s1. The van der Waals surface area contributed by atoms with Gasteiger partial charge in [-0.25, -0.2) is 0 Å². The van der Waals surface area contributed by atoms with Crippen LogP contribution in [-0.4, -0.2) is 29.4 Å². The van der Waals surface area contributed by atoms with Crippen LogP contribution >= 0.6 is 0 Å². The first-order chi connectivity index (χ1) is 13.6. The Morgan fingerprint density at radius 2 is 1.36 bits per heavy atom. The highest BCUT2D eigenvalue weighted by Gasteiger charge is 2.13. The van der Waals surface area contributed by atoms with E-state index in [0.717, 1.165) is 22.4 Å². The summed E-state index contributed by atoms with van der Waals surface area (Å²) >= 11 is 0. The topological polar surface area (TPSA) is 71.8 Å². The second-order valence-electron chi connectivity index (χ2n) is 6.65. The molecule has 3 aromatic rings. The summed E-state index contributed by atoms with van der Waals surface area (Å²) in [6, 6.07) is 18.6. The van der Waals surface area contributed by atoms with E-state index in [2.05, 4.69) is 4.98 Å². The molecular weight excluding hydrogens is 354 g/mol. The molecule has 0 aliphatic rings. The summed E-state index contributed by atoms with van der Waals surface area (Å²) in [6.07, 6.45) is 1.23. The number of methoxy groups -OCH3 is 2. The van der Waals surface area contributed by atoms with Gasteiger partial charge in [-0.2, -0.15) is 0 Å². The number of rotatable bonds is 8. The third-order valence-electron chi connectivity index (χ3n) is 4.67. The Bertz CT molecular complexity index is 842. The Balaban J connectivity index is 1.69. The summed E-state index contributed by atoms with van der Waals surface area (Å²) in [5.41, 5.74) is 3.31. The number of hydrogen-bond donors (Lipinski definition) is 2.